The fourth-order valence-corrected chi connectivity index (χ4v) is 3.84. The van der Waals surface area contributed by atoms with Gasteiger partial charge >= 0.3 is 0 Å². The van der Waals surface area contributed by atoms with Crippen LogP contribution >= 0.6 is 11.3 Å². The molecule has 21 heavy (non-hydrogen) atoms. The van der Waals surface area contributed by atoms with E-state index in [1.54, 1.807) is 0 Å². The van der Waals surface area contributed by atoms with Gasteiger partial charge in [-0.3, -0.25) is 0 Å². The van der Waals surface area contributed by atoms with E-state index in [1.165, 1.54) is 29.0 Å². The maximum atomic E-state index is 10.3. The lowest BCUT2D eigenvalue weighted by atomic mass is 10.0. The quantitative estimate of drug-likeness (QED) is 0.862. The zero-order chi connectivity index (χ0) is 14.7. The molecule has 2 aromatic rings. The summed E-state index contributed by atoms with van der Waals surface area (Å²) in [6.45, 7) is 2.79. The number of aliphatic hydroxyl groups is 1. The first-order valence-electron chi connectivity index (χ1n) is 7.65. The van der Waals surface area contributed by atoms with Crippen LogP contribution in [0.1, 0.15) is 34.5 Å². The predicted molar refractivity (Wildman–Crippen MR) is 86.6 cm³/mol. The zero-order valence-corrected chi connectivity index (χ0v) is 13.2. The Morgan fingerprint density at radius 3 is 2.86 bits per heavy atom. The van der Waals surface area contributed by atoms with Gasteiger partial charge in [0.1, 0.15) is 5.01 Å². The van der Waals surface area contributed by atoms with Crippen LogP contribution in [0, 0.1) is 0 Å². The molecular formula is C17H22N2OS. The Balaban J connectivity index is 1.50. The minimum Gasteiger partial charge on any atom is -0.391 e. The minimum absolute atomic E-state index is 0.0592. The van der Waals surface area contributed by atoms with Gasteiger partial charge in [-0.05, 0) is 38.2 Å². The summed E-state index contributed by atoms with van der Waals surface area (Å²) in [7, 11) is 0. The van der Waals surface area contributed by atoms with Crippen molar-refractivity contribution >= 4 is 11.3 Å². The lowest BCUT2D eigenvalue weighted by Crippen LogP contribution is -2.38. The fraction of sp³-hybridized carbons (Fsp3) is 0.471. The maximum Gasteiger partial charge on any atom is 0.107 e. The van der Waals surface area contributed by atoms with Gasteiger partial charge in [0.15, 0.2) is 0 Å². The largest absolute Gasteiger partial charge is 0.391 e. The van der Waals surface area contributed by atoms with Crippen molar-refractivity contribution in [2.24, 2.45) is 0 Å². The number of nitrogens with one attached hydrogen (secondary N) is 1. The molecular weight excluding hydrogens is 280 g/mol. The number of fused-ring (bicyclic) bond motifs is 1. The Kier molecular flexibility index (Phi) is 4.68. The number of benzene rings is 1. The van der Waals surface area contributed by atoms with Gasteiger partial charge in [0.25, 0.3) is 0 Å². The van der Waals surface area contributed by atoms with Gasteiger partial charge in [0.05, 0.1) is 11.8 Å². The molecule has 0 fully saturated rings. The van der Waals surface area contributed by atoms with Crippen molar-refractivity contribution in [3.05, 3.63) is 51.5 Å². The average molecular weight is 302 g/mol. The third-order valence-electron chi connectivity index (χ3n) is 4.08. The van der Waals surface area contributed by atoms with Crippen LogP contribution in [-0.4, -0.2) is 22.2 Å². The van der Waals surface area contributed by atoms with E-state index >= 15 is 0 Å². The summed E-state index contributed by atoms with van der Waals surface area (Å²) >= 11 is 1.82. The highest BCUT2D eigenvalue weighted by atomic mass is 32.1. The second-order valence-corrected chi connectivity index (χ2v) is 6.93. The monoisotopic (exact) mass is 302 g/mol. The molecule has 3 rings (SSSR count). The van der Waals surface area contributed by atoms with Crippen LogP contribution in [0.2, 0.25) is 0 Å². The maximum absolute atomic E-state index is 10.3. The van der Waals surface area contributed by atoms with Crippen molar-refractivity contribution in [3.8, 4) is 0 Å². The van der Waals surface area contributed by atoms with Crippen LogP contribution in [0.25, 0.3) is 0 Å². The van der Waals surface area contributed by atoms with E-state index in [4.69, 9.17) is 0 Å². The van der Waals surface area contributed by atoms with E-state index in [9.17, 15) is 5.11 Å². The van der Waals surface area contributed by atoms with Crippen LogP contribution < -0.4 is 5.32 Å². The number of nitrogens with zero attached hydrogens (tertiary/aromatic N) is 1. The van der Waals surface area contributed by atoms with E-state index in [0.29, 0.717) is 6.42 Å². The molecule has 2 unspecified atom stereocenters. The molecule has 1 aliphatic rings. The molecule has 1 aromatic heterocycles. The summed E-state index contributed by atoms with van der Waals surface area (Å²) < 4.78 is 0. The average Bonchev–Trinajstić information content (AvgIpc) is 3.06. The number of thiazole rings is 1. The van der Waals surface area contributed by atoms with Crippen molar-refractivity contribution in [2.45, 2.75) is 51.3 Å². The first-order valence-corrected chi connectivity index (χ1v) is 8.47. The molecule has 0 aliphatic heterocycles. The highest BCUT2D eigenvalue weighted by Crippen LogP contribution is 2.27. The normalized spacial score (nSPS) is 16.7. The van der Waals surface area contributed by atoms with Crippen molar-refractivity contribution in [1.82, 2.24) is 10.3 Å². The van der Waals surface area contributed by atoms with E-state index in [-0.39, 0.29) is 12.1 Å². The lowest BCUT2D eigenvalue weighted by Gasteiger charge is -2.20. The number of hydrogen-bond donors (Lipinski definition) is 2. The molecule has 0 saturated heterocycles. The Hall–Kier alpha value is -1.23. The van der Waals surface area contributed by atoms with Crippen LogP contribution in [0.3, 0.4) is 0 Å². The van der Waals surface area contributed by atoms with E-state index < -0.39 is 0 Å². The van der Waals surface area contributed by atoms with Crippen LogP contribution in [0.4, 0.5) is 0 Å². The molecule has 1 heterocycles. The highest BCUT2D eigenvalue weighted by molar-refractivity contribution is 7.11. The van der Waals surface area contributed by atoms with Crippen LogP contribution in [0.5, 0.6) is 0 Å². The molecule has 3 nitrogen and oxygen atoms in total. The summed E-state index contributed by atoms with van der Waals surface area (Å²) in [6, 6.07) is 10.2. The molecule has 0 saturated carbocycles. The summed E-state index contributed by atoms with van der Waals surface area (Å²) in [6.07, 6.45) is 3.90. The van der Waals surface area contributed by atoms with Gasteiger partial charge < -0.3 is 10.4 Å². The number of hydrogen-bond acceptors (Lipinski definition) is 4. The molecule has 0 amide bonds. The second-order valence-electron chi connectivity index (χ2n) is 5.76. The summed E-state index contributed by atoms with van der Waals surface area (Å²) in [5, 5.41) is 14.8. The van der Waals surface area contributed by atoms with Crippen LogP contribution in [0.15, 0.2) is 30.3 Å². The first kappa shape index (κ1) is 14.7. The van der Waals surface area contributed by atoms with E-state index in [2.05, 4.69) is 22.4 Å². The molecule has 1 aliphatic carbocycles. The molecule has 2 atom stereocenters. The summed E-state index contributed by atoms with van der Waals surface area (Å²) in [5.74, 6) is 0. The van der Waals surface area contributed by atoms with Gasteiger partial charge in [0.2, 0.25) is 0 Å². The van der Waals surface area contributed by atoms with E-state index in [0.717, 1.165) is 18.0 Å². The van der Waals surface area contributed by atoms with Gasteiger partial charge in [-0.15, -0.1) is 11.3 Å². The highest BCUT2D eigenvalue weighted by Gasteiger charge is 2.18. The standard InChI is InChI=1S/C17H22N2OS/c1-12(15(20)10-13-6-3-2-4-7-13)18-11-17-19-14-8-5-9-16(14)21-17/h2-4,6-7,12,15,18,20H,5,8-11H2,1H3. The third-order valence-corrected chi connectivity index (χ3v) is 5.24. The fourth-order valence-electron chi connectivity index (χ4n) is 2.74. The van der Waals surface area contributed by atoms with Gasteiger partial charge in [-0.1, -0.05) is 30.3 Å². The Labute approximate surface area is 130 Å². The lowest BCUT2D eigenvalue weighted by molar-refractivity contribution is 0.134. The molecule has 1 aromatic carbocycles. The summed E-state index contributed by atoms with van der Waals surface area (Å²) in [4.78, 5) is 6.14. The molecule has 0 radical (unpaired) electrons. The smallest absolute Gasteiger partial charge is 0.107 e. The molecule has 4 heteroatoms. The Morgan fingerprint density at radius 1 is 1.29 bits per heavy atom. The predicted octanol–water partition coefficient (Wildman–Crippen LogP) is 2.71. The zero-order valence-electron chi connectivity index (χ0n) is 12.4. The number of aliphatic hydroxyl groups excluding tert-OH is 1. The first-order chi connectivity index (χ1) is 10.2. The minimum atomic E-state index is -0.376. The number of rotatable bonds is 6. The van der Waals surface area contributed by atoms with Gasteiger partial charge in [-0.2, -0.15) is 0 Å². The van der Waals surface area contributed by atoms with Gasteiger partial charge in [0, 0.05) is 17.5 Å². The Morgan fingerprint density at radius 2 is 2.10 bits per heavy atom. The van der Waals surface area contributed by atoms with Gasteiger partial charge in [-0.25, -0.2) is 4.98 Å². The molecule has 0 bridgehead atoms. The van der Waals surface area contributed by atoms with Crippen molar-refractivity contribution < 1.29 is 5.11 Å². The topological polar surface area (TPSA) is 45.2 Å². The van der Waals surface area contributed by atoms with Crippen molar-refractivity contribution in [1.29, 1.82) is 0 Å². The number of aromatic nitrogens is 1. The SMILES string of the molecule is CC(NCc1nc2c(s1)CCC2)C(O)Cc1ccccc1. The molecule has 112 valence electrons. The molecule has 2 N–H and O–H groups in total. The second kappa shape index (κ2) is 6.69. The van der Waals surface area contributed by atoms with Crippen molar-refractivity contribution in [3.63, 3.8) is 0 Å². The Bertz CT molecular complexity index is 560. The van der Waals surface area contributed by atoms with Crippen molar-refractivity contribution in [2.75, 3.05) is 0 Å². The molecule has 0 spiro atoms. The van der Waals surface area contributed by atoms with Crippen LogP contribution in [-0.2, 0) is 25.8 Å². The summed E-state index contributed by atoms with van der Waals surface area (Å²) in [5.41, 5.74) is 2.47. The number of aryl methyl sites for hydroxylation is 2. The van der Waals surface area contributed by atoms with E-state index in [1.807, 2.05) is 36.5 Å². The third kappa shape index (κ3) is 3.70.